The van der Waals surface area contributed by atoms with Crippen molar-refractivity contribution in [1.29, 1.82) is 0 Å². The number of ether oxygens (including phenoxy) is 1. The second-order valence-corrected chi connectivity index (χ2v) is 10.6. The fraction of sp³-hybridized carbons (Fsp3) is 0.556. The molecule has 3 heterocycles. The van der Waals surface area contributed by atoms with Crippen LogP contribution in [0.2, 0.25) is 0 Å². The van der Waals surface area contributed by atoms with Crippen molar-refractivity contribution in [3.63, 3.8) is 0 Å². The predicted octanol–water partition coefficient (Wildman–Crippen LogP) is 4.86. The van der Waals surface area contributed by atoms with Gasteiger partial charge in [-0.1, -0.05) is 12.1 Å². The first kappa shape index (κ1) is 22.5. The number of aromatic amines is 2. The van der Waals surface area contributed by atoms with E-state index in [0.717, 1.165) is 60.1 Å². The summed E-state index contributed by atoms with van der Waals surface area (Å²) in [6.45, 7) is 5.54. The molecular formula is C27H34N6O2. The molecule has 2 aromatic heterocycles. The van der Waals surface area contributed by atoms with E-state index >= 15 is 0 Å². The van der Waals surface area contributed by atoms with E-state index in [0.29, 0.717) is 29.5 Å². The molecule has 1 atom stereocenters. The van der Waals surface area contributed by atoms with Gasteiger partial charge in [0.2, 0.25) is 5.91 Å². The third-order valence-electron chi connectivity index (χ3n) is 7.98. The average Bonchev–Trinajstić information content (AvgIpc) is 3.81. The third kappa shape index (κ3) is 4.63. The highest BCUT2D eigenvalue weighted by Gasteiger charge is 2.49. The van der Waals surface area contributed by atoms with E-state index in [1.165, 1.54) is 25.7 Å². The first-order valence-electron chi connectivity index (χ1n) is 13.0. The van der Waals surface area contributed by atoms with Gasteiger partial charge < -0.3 is 10.1 Å². The lowest BCUT2D eigenvalue weighted by Crippen LogP contribution is -2.31. The minimum absolute atomic E-state index is 0.00903. The molecule has 3 aliphatic rings. The van der Waals surface area contributed by atoms with Gasteiger partial charge in [-0.15, -0.1) is 0 Å². The molecule has 0 bridgehead atoms. The smallest absolute Gasteiger partial charge is 0.235 e. The summed E-state index contributed by atoms with van der Waals surface area (Å²) in [6.07, 6.45) is 6.73. The third-order valence-corrected chi connectivity index (χ3v) is 7.98. The van der Waals surface area contributed by atoms with E-state index in [1.54, 1.807) is 0 Å². The number of nitrogens with one attached hydrogen (secondary N) is 3. The zero-order valence-electron chi connectivity index (χ0n) is 20.5. The van der Waals surface area contributed by atoms with Gasteiger partial charge in [-0.05, 0) is 87.8 Å². The van der Waals surface area contributed by atoms with E-state index in [4.69, 9.17) is 9.72 Å². The molecular weight excluding hydrogens is 440 g/mol. The van der Waals surface area contributed by atoms with Crippen LogP contribution >= 0.6 is 0 Å². The Morgan fingerprint density at radius 1 is 0.971 bits per heavy atom. The molecule has 3 fully saturated rings. The molecule has 8 nitrogen and oxygen atoms in total. The lowest BCUT2D eigenvalue weighted by Gasteiger charge is -2.24. The number of rotatable bonds is 8. The highest BCUT2D eigenvalue weighted by molar-refractivity contribution is 5.96. The largest absolute Gasteiger partial charge is 0.381 e. The average molecular weight is 475 g/mol. The number of benzene rings is 1. The van der Waals surface area contributed by atoms with E-state index in [1.807, 2.05) is 38.1 Å². The molecule has 2 saturated carbocycles. The summed E-state index contributed by atoms with van der Waals surface area (Å²) in [4.78, 5) is 18.7. The summed E-state index contributed by atoms with van der Waals surface area (Å²) >= 11 is 0. The van der Waals surface area contributed by atoms with Gasteiger partial charge >= 0.3 is 0 Å². The molecule has 3 aromatic rings. The summed E-state index contributed by atoms with van der Waals surface area (Å²) in [5, 5.41) is 18.3. The Morgan fingerprint density at radius 3 is 2.26 bits per heavy atom. The van der Waals surface area contributed by atoms with Crippen molar-refractivity contribution in [2.75, 3.05) is 18.5 Å². The normalized spacial score (nSPS) is 19.7. The molecule has 1 saturated heterocycles. The number of nitrogens with zero attached hydrogens (tertiary/aromatic N) is 3. The summed E-state index contributed by atoms with van der Waals surface area (Å²) < 4.78 is 5.51. The fourth-order valence-corrected chi connectivity index (χ4v) is 5.85. The Bertz CT molecular complexity index is 1150. The number of amides is 1. The molecule has 1 aromatic carbocycles. The summed E-state index contributed by atoms with van der Waals surface area (Å²) in [7, 11) is 0. The topological polar surface area (TPSA) is 109 Å². The van der Waals surface area contributed by atoms with E-state index < -0.39 is 0 Å². The van der Waals surface area contributed by atoms with Gasteiger partial charge in [-0.3, -0.25) is 15.0 Å². The number of hydrogen-bond donors (Lipinski definition) is 3. The van der Waals surface area contributed by atoms with Crippen molar-refractivity contribution >= 4 is 11.6 Å². The summed E-state index contributed by atoms with van der Waals surface area (Å²) in [5.41, 5.74) is 5.02. The minimum Gasteiger partial charge on any atom is -0.381 e. The molecule has 1 amide bonds. The maximum absolute atomic E-state index is 13.8. The molecule has 35 heavy (non-hydrogen) atoms. The molecule has 1 aliphatic heterocycles. The number of aromatic nitrogens is 5. The van der Waals surface area contributed by atoms with Crippen LogP contribution in [0.5, 0.6) is 0 Å². The molecule has 0 radical (unpaired) electrons. The van der Waals surface area contributed by atoms with Gasteiger partial charge in [0.25, 0.3) is 0 Å². The van der Waals surface area contributed by atoms with Crippen molar-refractivity contribution in [3.05, 3.63) is 47.3 Å². The molecule has 8 heteroatoms. The highest BCUT2D eigenvalue weighted by atomic mass is 16.5. The number of anilines is 1. The summed E-state index contributed by atoms with van der Waals surface area (Å²) in [6, 6.07) is 8.05. The quantitative estimate of drug-likeness (QED) is 0.432. The Labute approximate surface area is 205 Å². The lowest BCUT2D eigenvalue weighted by molar-refractivity contribution is -0.119. The van der Waals surface area contributed by atoms with Gasteiger partial charge in [0.1, 0.15) is 11.7 Å². The van der Waals surface area contributed by atoms with Gasteiger partial charge in [0.05, 0.1) is 5.69 Å². The SMILES string of the molecule is Cc1n[nH]c(C)c1-c1ccc(NC(=O)C(c2n[nH]c(C3CCOCC3)n2)C(C2CC2)C2CC2)cc1. The van der Waals surface area contributed by atoms with Crippen LogP contribution in [0.1, 0.15) is 73.4 Å². The molecule has 184 valence electrons. The molecule has 2 aliphatic carbocycles. The van der Waals surface area contributed by atoms with Crippen LogP contribution in [0.15, 0.2) is 24.3 Å². The van der Waals surface area contributed by atoms with Crippen LogP contribution in [0.25, 0.3) is 11.1 Å². The number of carbonyl (C=O) groups is 1. The first-order valence-corrected chi connectivity index (χ1v) is 13.0. The van der Waals surface area contributed by atoms with Crippen LogP contribution in [-0.4, -0.2) is 44.5 Å². The molecule has 3 N–H and O–H groups in total. The monoisotopic (exact) mass is 474 g/mol. The van der Waals surface area contributed by atoms with Gasteiger partial charge in [-0.25, -0.2) is 4.98 Å². The minimum atomic E-state index is -0.321. The molecule has 0 spiro atoms. The second-order valence-electron chi connectivity index (χ2n) is 10.6. The zero-order valence-corrected chi connectivity index (χ0v) is 20.5. The van der Waals surface area contributed by atoms with Crippen LogP contribution in [0, 0.1) is 31.6 Å². The van der Waals surface area contributed by atoms with Gasteiger partial charge in [-0.2, -0.15) is 10.2 Å². The maximum Gasteiger partial charge on any atom is 0.235 e. The fourth-order valence-electron chi connectivity index (χ4n) is 5.85. The van der Waals surface area contributed by atoms with Crippen molar-refractivity contribution < 1.29 is 9.53 Å². The summed E-state index contributed by atoms with van der Waals surface area (Å²) in [5.74, 6) is 3.12. The van der Waals surface area contributed by atoms with Crippen molar-refractivity contribution in [2.45, 2.75) is 64.2 Å². The Hall–Kier alpha value is -3.00. The van der Waals surface area contributed by atoms with E-state index in [2.05, 4.69) is 25.7 Å². The predicted molar refractivity (Wildman–Crippen MR) is 133 cm³/mol. The van der Waals surface area contributed by atoms with Crippen molar-refractivity contribution in [1.82, 2.24) is 25.4 Å². The second kappa shape index (κ2) is 9.22. The molecule has 1 unspecified atom stereocenters. The van der Waals surface area contributed by atoms with Crippen LogP contribution < -0.4 is 5.32 Å². The number of H-pyrrole nitrogens is 2. The maximum atomic E-state index is 13.8. The highest BCUT2D eigenvalue weighted by Crippen LogP contribution is 2.54. The van der Waals surface area contributed by atoms with E-state index in [-0.39, 0.29) is 11.8 Å². The van der Waals surface area contributed by atoms with Crippen LogP contribution in [0.4, 0.5) is 5.69 Å². The van der Waals surface area contributed by atoms with Gasteiger partial charge in [0.15, 0.2) is 5.82 Å². The number of aryl methyl sites for hydroxylation is 2. The Kier molecular flexibility index (Phi) is 5.92. The Morgan fingerprint density at radius 2 is 1.66 bits per heavy atom. The number of hydrogen-bond acceptors (Lipinski definition) is 5. The van der Waals surface area contributed by atoms with Crippen LogP contribution in [-0.2, 0) is 9.53 Å². The zero-order chi connectivity index (χ0) is 23.9. The lowest BCUT2D eigenvalue weighted by atomic mass is 9.82. The van der Waals surface area contributed by atoms with Gasteiger partial charge in [0, 0.05) is 36.1 Å². The standard InChI is InChI=1S/C27H34N6O2/c1-15-22(16(2)31-30-15)17-7-9-21(10-8-17)28-27(34)24(23(18-3-4-18)19-5-6-19)26-29-25(32-33-26)20-11-13-35-14-12-20/h7-10,18-20,23-24H,3-6,11-14H2,1-2H3,(H,28,34)(H,30,31)(H,29,32,33). The van der Waals surface area contributed by atoms with Crippen LogP contribution in [0.3, 0.4) is 0 Å². The van der Waals surface area contributed by atoms with E-state index in [9.17, 15) is 4.79 Å². The Balaban J connectivity index is 1.25. The van der Waals surface area contributed by atoms with Crippen molar-refractivity contribution in [3.8, 4) is 11.1 Å². The first-order chi connectivity index (χ1) is 17.1. The number of carbonyl (C=O) groups excluding carboxylic acids is 1. The van der Waals surface area contributed by atoms with Crippen molar-refractivity contribution in [2.24, 2.45) is 17.8 Å². The molecule has 6 rings (SSSR count).